The summed E-state index contributed by atoms with van der Waals surface area (Å²) in [4.78, 5) is 21.3. The Balaban J connectivity index is -0.000000394. The minimum Gasteiger partial charge on any atom is 1.00 e. The number of carboxylic acid groups (broad SMARTS) is 2. The molecule has 0 fully saturated rings. The summed E-state index contributed by atoms with van der Waals surface area (Å²) in [7, 11) is 0. The smallest absolute Gasteiger partial charge is 1.00 e. The molecule has 0 spiro atoms. The van der Waals surface area contributed by atoms with Crippen LogP contribution in [0.25, 0.3) is 0 Å². The van der Waals surface area contributed by atoms with Gasteiger partial charge >= 0.3 is 161 Å². The van der Waals surface area contributed by atoms with E-state index in [1.54, 1.807) is 0 Å². The second-order valence-electron chi connectivity index (χ2n) is 14.0. The Morgan fingerprint density at radius 2 is 0.660 bits per heavy atom. The van der Waals surface area contributed by atoms with Crippen LogP contribution in [0.3, 0.4) is 0 Å². The molecule has 0 N–H and O–H groups in total. The number of aliphatic carboxylic acids is 2. The van der Waals surface area contributed by atoms with Crippen LogP contribution in [0.2, 0.25) is 3.67 Å². The van der Waals surface area contributed by atoms with Gasteiger partial charge in [-0.2, -0.15) is 0 Å². The molecule has 0 saturated carbocycles. The molecule has 264 valence electrons. The van der Waals surface area contributed by atoms with E-state index in [2.05, 4.69) is 13.8 Å². The number of hydrogen-bond acceptors (Lipinski definition) is 4. The summed E-state index contributed by atoms with van der Waals surface area (Å²) in [5, 5.41) is 21.3. The molecule has 0 aromatic rings. The topological polar surface area (TPSA) is 80.3 Å². The third-order valence-corrected chi connectivity index (χ3v) is 10.1. The molecule has 0 aromatic heterocycles. The Labute approximate surface area is 356 Å². The molecule has 1 unspecified atom stereocenters. The molecule has 0 bridgehead atoms. The van der Waals surface area contributed by atoms with E-state index in [0.29, 0.717) is 6.42 Å². The first kappa shape index (κ1) is 55.7. The molecule has 1 atom stereocenters. The van der Waals surface area contributed by atoms with E-state index in [1.807, 2.05) is 0 Å². The number of carboxylic acids is 2. The number of carbonyl (C=O) groups excluding carboxylic acids is 2. The van der Waals surface area contributed by atoms with E-state index in [1.165, 1.54) is 218 Å². The van der Waals surface area contributed by atoms with Crippen LogP contribution in [-0.4, -0.2) is 39.9 Å². The minimum absolute atomic E-state index is 0. The summed E-state index contributed by atoms with van der Waals surface area (Å²) in [5.41, 5.74) is 0. The van der Waals surface area contributed by atoms with E-state index >= 15 is 0 Å². The minimum atomic E-state index is -1.31. The van der Waals surface area contributed by atoms with Crippen LogP contribution < -0.4 is 69.3 Å². The molecule has 0 aromatic carbocycles. The molecule has 0 radical (unpaired) electrons. The zero-order valence-electron chi connectivity index (χ0n) is 33.0. The van der Waals surface area contributed by atoms with Crippen molar-refractivity contribution in [3.8, 4) is 0 Å². The molecule has 0 amide bonds. The number of carbonyl (C=O) groups is 2. The van der Waals surface area contributed by atoms with Crippen molar-refractivity contribution in [1.29, 1.82) is 0 Å². The van der Waals surface area contributed by atoms with Gasteiger partial charge < -0.3 is 19.8 Å². The van der Waals surface area contributed by atoms with Crippen LogP contribution in [0.5, 0.6) is 0 Å². The van der Waals surface area contributed by atoms with Crippen molar-refractivity contribution in [3.63, 3.8) is 0 Å². The predicted octanol–water partition coefficient (Wildman–Crippen LogP) is 4.99. The fourth-order valence-electron chi connectivity index (χ4n) is 6.24. The van der Waals surface area contributed by atoms with Gasteiger partial charge in [0.25, 0.3) is 0 Å². The van der Waals surface area contributed by atoms with Crippen molar-refractivity contribution in [2.45, 2.75) is 236 Å². The molecular formula is C40H77Na3O4. The Bertz CT molecular complexity index is 576. The first-order valence-corrected chi connectivity index (χ1v) is 21.8. The molecule has 0 saturated heterocycles. The molecule has 0 aliphatic rings. The summed E-state index contributed by atoms with van der Waals surface area (Å²) >= 11 is 1.41. The maximum atomic E-state index is 10.8. The second kappa shape index (κ2) is 50.0. The quantitative estimate of drug-likeness (QED) is 0.0686. The van der Waals surface area contributed by atoms with Gasteiger partial charge in [0, 0.05) is 17.9 Å². The maximum absolute atomic E-state index is 10.8. The number of rotatable bonds is 36. The SMILES string of the molecule is CCCCCCCCCCCCCCCCCCC(CC(=O)[O-])C(=O)[O-].CCCCCCCCCCCCCCCCC[CH2][Na].[Na+].[Na+]. The van der Waals surface area contributed by atoms with Gasteiger partial charge in [-0.1, -0.05) is 149 Å². The Hall–Kier alpha value is 1.94. The van der Waals surface area contributed by atoms with Gasteiger partial charge in [0.15, 0.2) is 0 Å². The summed E-state index contributed by atoms with van der Waals surface area (Å²) < 4.78 is 1.51. The fourth-order valence-corrected chi connectivity index (χ4v) is 6.74. The van der Waals surface area contributed by atoms with Gasteiger partial charge in [-0.25, -0.2) is 0 Å². The van der Waals surface area contributed by atoms with Gasteiger partial charge in [-0.05, 0) is 12.8 Å². The molecule has 0 aliphatic heterocycles. The normalized spacial score (nSPS) is 11.2. The van der Waals surface area contributed by atoms with Crippen LogP contribution in [-0.2, 0) is 9.59 Å². The molecule has 0 heterocycles. The molecule has 0 rings (SSSR count). The summed E-state index contributed by atoms with van der Waals surface area (Å²) in [6.07, 6.45) is 44.0. The Kier molecular flexibility index (Phi) is 59.3. The van der Waals surface area contributed by atoms with Crippen molar-refractivity contribution in [3.05, 3.63) is 0 Å². The van der Waals surface area contributed by atoms with Crippen LogP contribution in [0.1, 0.15) is 232 Å². The summed E-state index contributed by atoms with van der Waals surface area (Å²) in [5.74, 6) is -3.47. The average molecular weight is 691 g/mol. The van der Waals surface area contributed by atoms with Crippen molar-refractivity contribution in [2.75, 3.05) is 0 Å². The van der Waals surface area contributed by atoms with Crippen LogP contribution in [0.15, 0.2) is 0 Å². The molecule has 7 heteroatoms. The fraction of sp³-hybridized carbons (Fsp3) is 0.950. The zero-order chi connectivity index (χ0) is 33.5. The standard InChI is InChI=1S/C22H42O4.C18H37.3Na/c1-2-3-4-5-6-7-8-9-10-11-12-13-14-15-16-17-18-20(22(25)26)19-21(23)24;1-3-5-7-9-11-13-15-17-18-16-14-12-10-8-6-4-2;;;/h20H,2-19H2,1H3,(H,23,24)(H,25,26);1,3-18H2,2H3;;;/q;;;2*+1/p-2. The number of hydrogen-bond donors (Lipinski definition) is 0. The molecular weight excluding hydrogens is 613 g/mol. The van der Waals surface area contributed by atoms with Crippen molar-refractivity contribution in [1.82, 2.24) is 0 Å². The molecule has 0 aliphatic carbocycles. The molecule has 4 nitrogen and oxygen atoms in total. The Morgan fingerprint density at radius 1 is 0.426 bits per heavy atom. The zero-order valence-corrected chi connectivity index (χ0v) is 39.0. The van der Waals surface area contributed by atoms with Crippen molar-refractivity contribution in [2.24, 2.45) is 5.92 Å². The first-order valence-electron chi connectivity index (χ1n) is 20.4. The maximum Gasteiger partial charge on any atom is 1.00 e. The van der Waals surface area contributed by atoms with E-state index in [9.17, 15) is 19.8 Å². The average Bonchev–Trinajstić information content (AvgIpc) is 3.02. The number of unbranched alkanes of at least 4 members (excludes halogenated alkanes) is 30. The van der Waals surface area contributed by atoms with Crippen LogP contribution >= 0.6 is 0 Å². The van der Waals surface area contributed by atoms with E-state index in [0.717, 1.165) is 19.3 Å². The van der Waals surface area contributed by atoms with Gasteiger partial charge in [0.1, 0.15) is 0 Å². The van der Waals surface area contributed by atoms with E-state index in [4.69, 9.17) is 0 Å². The third kappa shape index (κ3) is 52.4. The summed E-state index contributed by atoms with van der Waals surface area (Å²) in [6.45, 7) is 4.55. The second-order valence-corrected chi connectivity index (χ2v) is 15.0. The summed E-state index contributed by atoms with van der Waals surface area (Å²) in [6, 6.07) is 0. The largest absolute Gasteiger partial charge is 1.00 e. The Morgan fingerprint density at radius 3 is 0.872 bits per heavy atom. The monoisotopic (exact) mass is 691 g/mol. The van der Waals surface area contributed by atoms with Gasteiger partial charge in [0.05, 0.1) is 0 Å². The third-order valence-electron chi connectivity index (χ3n) is 9.36. The van der Waals surface area contributed by atoms with E-state index in [-0.39, 0.29) is 59.1 Å². The predicted molar refractivity (Wildman–Crippen MR) is 192 cm³/mol. The first-order chi connectivity index (χ1) is 22.0. The molecule has 47 heavy (non-hydrogen) atoms. The van der Waals surface area contributed by atoms with Gasteiger partial charge in [-0.15, -0.1) is 0 Å². The van der Waals surface area contributed by atoms with Gasteiger partial charge in [-0.3, -0.25) is 0 Å². The van der Waals surface area contributed by atoms with Crippen LogP contribution in [0.4, 0.5) is 0 Å². The van der Waals surface area contributed by atoms with Crippen molar-refractivity contribution >= 4 is 39.9 Å². The van der Waals surface area contributed by atoms with Gasteiger partial charge in [0.2, 0.25) is 0 Å². The van der Waals surface area contributed by atoms with Crippen LogP contribution in [0, 0.1) is 5.92 Å². The van der Waals surface area contributed by atoms with E-state index < -0.39 is 24.3 Å². The van der Waals surface area contributed by atoms with Crippen molar-refractivity contribution < 1.29 is 78.9 Å².